The van der Waals surface area contributed by atoms with Gasteiger partial charge in [-0.15, -0.1) is 0 Å². The summed E-state index contributed by atoms with van der Waals surface area (Å²) in [4.78, 5) is 10.0. The molecule has 0 atom stereocenters. The molecule has 4 aromatic carbocycles. The summed E-state index contributed by atoms with van der Waals surface area (Å²) in [6.07, 6.45) is 2.11. The van der Waals surface area contributed by atoms with Crippen molar-refractivity contribution in [3.8, 4) is 22.5 Å². The number of rotatable bonds is 6. The maximum absolute atomic E-state index is 5.00. The van der Waals surface area contributed by atoms with Gasteiger partial charge in [-0.25, -0.2) is 9.97 Å². The molecule has 6 aromatic rings. The van der Waals surface area contributed by atoms with Gasteiger partial charge in [0.2, 0.25) is 0 Å². The fraction of sp³-hybridized carbons (Fsp3) is 0.286. The van der Waals surface area contributed by atoms with Crippen molar-refractivity contribution in [3.63, 3.8) is 0 Å². The minimum atomic E-state index is 0. The molecular formula is C42H46IrN2+2. The van der Waals surface area contributed by atoms with Gasteiger partial charge in [-0.05, 0) is 110 Å². The molecule has 3 heteroatoms. The number of aryl methyl sites for hydroxylation is 2. The first kappa shape index (κ1) is 34.2. The van der Waals surface area contributed by atoms with Crippen molar-refractivity contribution >= 4 is 21.8 Å². The van der Waals surface area contributed by atoms with Crippen molar-refractivity contribution in [2.45, 2.75) is 68.2 Å². The molecule has 0 aliphatic heterocycles. The third kappa shape index (κ3) is 7.96. The molecule has 1 radical (unpaired) electrons. The van der Waals surface area contributed by atoms with E-state index in [-0.39, 0.29) is 20.1 Å². The Balaban J connectivity index is 0.000000200. The number of hydrogen-bond acceptors (Lipinski definition) is 2. The molecule has 0 unspecified atom stereocenters. The number of fused-ring (bicyclic) bond motifs is 2. The van der Waals surface area contributed by atoms with E-state index >= 15 is 0 Å². The van der Waals surface area contributed by atoms with Crippen LogP contribution >= 0.6 is 0 Å². The van der Waals surface area contributed by atoms with Gasteiger partial charge < -0.3 is 0 Å². The van der Waals surface area contributed by atoms with Gasteiger partial charge in [0.25, 0.3) is 0 Å². The molecular weight excluding hydrogens is 725 g/mol. The van der Waals surface area contributed by atoms with E-state index in [9.17, 15) is 0 Å². The second-order valence-corrected chi connectivity index (χ2v) is 13.1. The number of para-hydroxylation sites is 2. The van der Waals surface area contributed by atoms with Gasteiger partial charge in [0.15, 0.2) is 0 Å². The van der Waals surface area contributed by atoms with E-state index in [0.717, 1.165) is 35.3 Å². The maximum atomic E-state index is 5.00. The van der Waals surface area contributed by atoms with Gasteiger partial charge in [0, 0.05) is 21.9 Å². The number of hydrogen-bond donors (Lipinski definition) is 0. The van der Waals surface area contributed by atoms with Crippen molar-refractivity contribution < 1.29 is 20.1 Å². The molecule has 45 heavy (non-hydrogen) atoms. The van der Waals surface area contributed by atoms with Crippen LogP contribution < -0.4 is 0 Å². The Hall–Kier alpha value is -3.65. The quantitative estimate of drug-likeness (QED) is 0.169. The Kier molecular flexibility index (Phi) is 11.5. The zero-order valence-electron chi connectivity index (χ0n) is 28.0. The first-order chi connectivity index (χ1) is 21.1. The predicted molar refractivity (Wildman–Crippen MR) is 190 cm³/mol. The molecule has 2 aromatic heterocycles. The zero-order chi connectivity index (χ0) is 31.4. The van der Waals surface area contributed by atoms with E-state index in [0.29, 0.717) is 11.8 Å². The maximum Gasteiger partial charge on any atom is 2.00 e. The van der Waals surface area contributed by atoms with Crippen molar-refractivity contribution in [1.29, 1.82) is 0 Å². The van der Waals surface area contributed by atoms with E-state index in [2.05, 4.69) is 152 Å². The molecule has 0 N–H and O–H groups in total. The topological polar surface area (TPSA) is 25.8 Å². The molecule has 2 heterocycles. The molecule has 0 amide bonds. The van der Waals surface area contributed by atoms with Gasteiger partial charge >= 0.3 is 20.1 Å². The Morgan fingerprint density at radius 1 is 0.489 bits per heavy atom. The third-order valence-electron chi connectivity index (χ3n) is 8.58. The van der Waals surface area contributed by atoms with E-state index in [1.165, 1.54) is 55.3 Å². The van der Waals surface area contributed by atoms with Gasteiger partial charge in [0.1, 0.15) is 0 Å². The zero-order valence-corrected chi connectivity index (χ0v) is 30.4. The summed E-state index contributed by atoms with van der Waals surface area (Å²) in [6.45, 7) is 17.8. The van der Waals surface area contributed by atoms with Crippen LogP contribution in [0.15, 0.2) is 97.1 Å². The summed E-state index contributed by atoms with van der Waals surface area (Å²) in [7, 11) is 0. The monoisotopic (exact) mass is 771 g/mol. The van der Waals surface area contributed by atoms with Crippen LogP contribution in [0.5, 0.6) is 0 Å². The van der Waals surface area contributed by atoms with Crippen LogP contribution in [0, 0.1) is 39.5 Å². The van der Waals surface area contributed by atoms with Crippen LogP contribution in [-0.2, 0) is 32.9 Å². The largest absolute Gasteiger partial charge is 2.00 e. The van der Waals surface area contributed by atoms with E-state index in [4.69, 9.17) is 9.97 Å². The van der Waals surface area contributed by atoms with Crippen LogP contribution in [0.25, 0.3) is 44.3 Å². The molecule has 0 bridgehead atoms. The second-order valence-electron chi connectivity index (χ2n) is 13.1. The fourth-order valence-electron chi connectivity index (χ4n) is 5.99. The molecule has 0 spiro atoms. The first-order valence-corrected chi connectivity index (χ1v) is 16.0. The summed E-state index contributed by atoms with van der Waals surface area (Å²) in [5.41, 5.74) is 15.0. The summed E-state index contributed by atoms with van der Waals surface area (Å²) < 4.78 is 0. The summed E-state index contributed by atoms with van der Waals surface area (Å²) in [6, 6.07) is 34.4. The molecule has 0 aliphatic carbocycles. The average Bonchev–Trinajstić information content (AvgIpc) is 2.99. The SMILES string of the molecule is Cc1cccc(-c2nc3ccccc3cc2CC(C)C)c1C.Cc1cccc(-c2nc3ccccc3cc2CC(C)C)c1C.[Ir+2]. The van der Waals surface area contributed by atoms with Crippen LogP contribution in [0.2, 0.25) is 0 Å². The van der Waals surface area contributed by atoms with Crippen LogP contribution in [-0.4, -0.2) is 9.97 Å². The molecule has 0 aliphatic rings. The third-order valence-corrected chi connectivity index (χ3v) is 8.58. The van der Waals surface area contributed by atoms with Crippen LogP contribution in [0.3, 0.4) is 0 Å². The molecule has 6 rings (SSSR count). The van der Waals surface area contributed by atoms with E-state index in [1.807, 2.05) is 0 Å². The number of pyridine rings is 2. The number of aromatic nitrogens is 2. The van der Waals surface area contributed by atoms with Crippen molar-refractivity contribution in [3.05, 3.63) is 130 Å². The van der Waals surface area contributed by atoms with Gasteiger partial charge in [0.05, 0.1) is 22.4 Å². The molecule has 0 saturated heterocycles. The van der Waals surface area contributed by atoms with Gasteiger partial charge in [-0.1, -0.05) is 100 Å². The molecule has 2 nitrogen and oxygen atoms in total. The smallest absolute Gasteiger partial charge is 0.247 e. The van der Waals surface area contributed by atoms with Gasteiger partial charge in [-0.2, -0.15) is 0 Å². The van der Waals surface area contributed by atoms with Crippen molar-refractivity contribution in [2.75, 3.05) is 0 Å². The Morgan fingerprint density at radius 2 is 0.867 bits per heavy atom. The van der Waals surface area contributed by atoms with Crippen LogP contribution in [0.1, 0.15) is 61.1 Å². The minimum Gasteiger partial charge on any atom is -0.247 e. The summed E-state index contributed by atoms with van der Waals surface area (Å²) >= 11 is 0. The number of nitrogens with zero attached hydrogens (tertiary/aromatic N) is 2. The van der Waals surface area contributed by atoms with E-state index < -0.39 is 0 Å². The Bertz CT molecular complexity index is 1780. The van der Waals surface area contributed by atoms with E-state index in [1.54, 1.807) is 0 Å². The van der Waals surface area contributed by atoms with Gasteiger partial charge in [-0.3, -0.25) is 0 Å². The summed E-state index contributed by atoms with van der Waals surface area (Å²) in [5.74, 6) is 1.23. The Morgan fingerprint density at radius 3 is 1.24 bits per heavy atom. The fourth-order valence-corrected chi connectivity index (χ4v) is 5.99. The van der Waals surface area contributed by atoms with Crippen LogP contribution in [0.4, 0.5) is 0 Å². The Labute approximate surface area is 283 Å². The molecule has 231 valence electrons. The molecule has 0 fully saturated rings. The van der Waals surface area contributed by atoms with Crippen molar-refractivity contribution in [1.82, 2.24) is 9.97 Å². The summed E-state index contributed by atoms with van der Waals surface area (Å²) in [5, 5.41) is 2.46. The first-order valence-electron chi connectivity index (χ1n) is 16.0. The van der Waals surface area contributed by atoms with Crippen molar-refractivity contribution in [2.24, 2.45) is 11.8 Å². The average molecular weight is 771 g/mol. The molecule has 0 saturated carbocycles. The normalized spacial score (nSPS) is 11.1. The predicted octanol–water partition coefficient (Wildman–Crippen LogP) is 11.4. The second kappa shape index (κ2) is 15.1. The standard InChI is InChI=1S/2C21H23N.Ir/c2*1-14(2)12-18-13-17-9-5-6-11-20(17)22-21(18)19-10-7-8-15(3)16(19)4;/h2*5-11,13-14H,12H2,1-4H3;/q;;+2. The number of benzene rings is 4. The minimum absolute atomic E-state index is 0.